The topological polar surface area (TPSA) is 70.2 Å². The molecule has 0 aromatic carbocycles. The van der Waals surface area contributed by atoms with Gasteiger partial charge in [-0.05, 0) is 12.8 Å². The van der Waals surface area contributed by atoms with Gasteiger partial charge >= 0.3 is 5.69 Å². The summed E-state index contributed by atoms with van der Waals surface area (Å²) in [7, 11) is 2.03. The monoisotopic (exact) mass is 264 g/mol. The van der Waals surface area contributed by atoms with E-state index in [-0.39, 0.29) is 5.69 Å². The number of nitrogens with zero attached hydrogens (tertiary/aromatic N) is 2. The quantitative estimate of drug-likeness (QED) is 0.788. The number of hydrogen-bond acceptors (Lipinski definition) is 5. The van der Waals surface area contributed by atoms with Crippen LogP contribution in [0.3, 0.4) is 0 Å². The van der Waals surface area contributed by atoms with Crippen LogP contribution in [-0.2, 0) is 17.7 Å². The molecule has 0 radical (unpaired) electrons. The third-order valence-corrected chi connectivity index (χ3v) is 4.03. The summed E-state index contributed by atoms with van der Waals surface area (Å²) in [4.78, 5) is 20.9. The molecule has 1 fully saturated rings. The van der Waals surface area contributed by atoms with Crippen molar-refractivity contribution in [3.05, 3.63) is 21.7 Å². The third kappa shape index (κ3) is 2.50. The summed E-state index contributed by atoms with van der Waals surface area (Å²) in [5, 5.41) is 3.35. The molecule has 0 bridgehead atoms. The zero-order valence-corrected chi connectivity index (χ0v) is 11.2. The van der Waals surface area contributed by atoms with Gasteiger partial charge in [-0.1, -0.05) is 0 Å². The summed E-state index contributed by atoms with van der Waals surface area (Å²) in [6.45, 7) is 3.27. The first-order valence-corrected chi connectivity index (χ1v) is 6.89. The average Bonchev–Trinajstić information content (AvgIpc) is 2.46. The van der Waals surface area contributed by atoms with Crippen molar-refractivity contribution < 1.29 is 4.74 Å². The molecule has 0 unspecified atom stereocenters. The first-order valence-electron chi connectivity index (χ1n) is 6.89. The molecule has 2 aliphatic rings. The van der Waals surface area contributed by atoms with E-state index in [0.717, 1.165) is 62.6 Å². The van der Waals surface area contributed by atoms with Crippen molar-refractivity contribution in [1.82, 2.24) is 15.3 Å². The lowest BCUT2D eigenvalue weighted by Gasteiger charge is -2.34. The fourth-order valence-electron chi connectivity index (χ4n) is 2.89. The van der Waals surface area contributed by atoms with Crippen molar-refractivity contribution >= 4 is 5.82 Å². The summed E-state index contributed by atoms with van der Waals surface area (Å²) in [5.41, 5.74) is 1.93. The Morgan fingerprint density at radius 2 is 2.16 bits per heavy atom. The Morgan fingerprint density at radius 1 is 1.37 bits per heavy atom. The maximum atomic E-state index is 11.7. The maximum Gasteiger partial charge on any atom is 0.347 e. The number of H-pyrrole nitrogens is 1. The van der Waals surface area contributed by atoms with Crippen LogP contribution in [-0.4, -0.2) is 42.8 Å². The lowest BCUT2D eigenvalue weighted by atomic mass is 10.0. The first kappa shape index (κ1) is 12.6. The Labute approximate surface area is 112 Å². The van der Waals surface area contributed by atoms with Gasteiger partial charge in [-0.25, -0.2) is 4.79 Å². The van der Waals surface area contributed by atoms with Crippen molar-refractivity contribution in [2.24, 2.45) is 0 Å². The van der Waals surface area contributed by atoms with Gasteiger partial charge in [0.15, 0.2) is 0 Å². The van der Waals surface area contributed by atoms with E-state index < -0.39 is 0 Å². The molecule has 1 aromatic heterocycles. The van der Waals surface area contributed by atoms with Gasteiger partial charge in [0.1, 0.15) is 5.82 Å². The minimum atomic E-state index is -0.241. The van der Waals surface area contributed by atoms with E-state index in [9.17, 15) is 4.79 Å². The van der Waals surface area contributed by atoms with E-state index in [1.54, 1.807) is 0 Å². The van der Waals surface area contributed by atoms with Crippen molar-refractivity contribution in [3.8, 4) is 0 Å². The standard InChI is InChI=1S/C13H20N4O2/c1-17(9-3-6-19-7-4-9)12-10-8-14-5-2-11(10)15-13(18)16-12/h9,14H,2-8H2,1H3,(H,15,16,18). The average molecular weight is 264 g/mol. The highest BCUT2D eigenvalue weighted by molar-refractivity contribution is 5.49. The van der Waals surface area contributed by atoms with E-state index in [0.29, 0.717) is 6.04 Å². The molecular formula is C13H20N4O2. The molecule has 0 atom stereocenters. The highest BCUT2D eigenvalue weighted by atomic mass is 16.5. The Morgan fingerprint density at radius 3 is 2.95 bits per heavy atom. The van der Waals surface area contributed by atoms with Gasteiger partial charge in [-0.2, -0.15) is 4.98 Å². The predicted molar refractivity (Wildman–Crippen MR) is 72.5 cm³/mol. The Kier molecular flexibility index (Phi) is 3.52. The van der Waals surface area contributed by atoms with Crippen LogP contribution in [0.1, 0.15) is 24.1 Å². The molecular weight excluding hydrogens is 244 g/mol. The molecule has 0 aliphatic carbocycles. The van der Waals surface area contributed by atoms with Gasteiger partial charge in [-0.3, -0.25) is 0 Å². The lowest BCUT2D eigenvalue weighted by Crippen LogP contribution is -2.40. The van der Waals surface area contributed by atoms with E-state index in [4.69, 9.17) is 4.74 Å². The van der Waals surface area contributed by atoms with Crippen LogP contribution in [0.25, 0.3) is 0 Å². The van der Waals surface area contributed by atoms with E-state index >= 15 is 0 Å². The van der Waals surface area contributed by atoms with Crippen LogP contribution in [0.5, 0.6) is 0 Å². The number of aromatic nitrogens is 2. The molecule has 0 spiro atoms. The fraction of sp³-hybridized carbons (Fsp3) is 0.692. The molecule has 0 saturated carbocycles. The second-order valence-electron chi connectivity index (χ2n) is 5.20. The zero-order valence-electron chi connectivity index (χ0n) is 11.2. The molecule has 1 aromatic rings. The molecule has 19 heavy (non-hydrogen) atoms. The Hall–Kier alpha value is -1.40. The van der Waals surface area contributed by atoms with E-state index in [1.165, 1.54) is 0 Å². The van der Waals surface area contributed by atoms with Crippen LogP contribution in [0.4, 0.5) is 5.82 Å². The molecule has 2 N–H and O–H groups in total. The summed E-state index contributed by atoms with van der Waals surface area (Å²) in [6.07, 6.45) is 2.85. The minimum absolute atomic E-state index is 0.241. The van der Waals surface area contributed by atoms with Gasteiger partial charge in [0.25, 0.3) is 0 Å². The summed E-state index contributed by atoms with van der Waals surface area (Å²) in [6, 6.07) is 0.411. The maximum absolute atomic E-state index is 11.7. The SMILES string of the molecule is CN(c1nc(=O)[nH]c2c1CNCC2)C1CCOCC1. The number of nitrogens with one attached hydrogen (secondary N) is 2. The second-order valence-corrected chi connectivity index (χ2v) is 5.20. The van der Waals surface area contributed by atoms with E-state index in [1.807, 2.05) is 7.05 Å². The molecule has 1 saturated heterocycles. The highest BCUT2D eigenvalue weighted by Crippen LogP contribution is 2.24. The van der Waals surface area contributed by atoms with Gasteiger partial charge in [0, 0.05) is 57.1 Å². The van der Waals surface area contributed by atoms with E-state index in [2.05, 4.69) is 20.2 Å². The summed E-state index contributed by atoms with van der Waals surface area (Å²) in [5.74, 6) is 0.831. The molecule has 2 aliphatic heterocycles. The predicted octanol–water partition coefficient (Wildman–Crippen LogP) is 0.0308. The van der Waals surface area contributed by atoms with Crippen molar-refractivity contribution in [2.45, 2.75) is 31.8 Å². The summed E-state index contributed by atoms with van der Waals surface area (Å²) >= 11 is 0. The molecule has 104 valence electrons. The number of fused-ring (bicyclic) bond motifs is 1. The normalized spacial score (nSPS) is 20.1. The molecule has 6 nitrogen and oxygen atoms in total. The Balaban J connectivity index is 1.94. The van der Waals surface area contributed by atoms with Crippen LogP contribution >= 0.6 is 0 Å². The van der Waals surface area contributed by atoms with Crippen LogP contribution in [0.15, 0.2) is 4.79 Å². The lowest BCUT2D eigenvalue weighted by molar-refractivity contribution is 0.0853. The highest BCUT2D eigenvalue weighted by Gasteiger charge is 2.24. The number of ether oxygens (including phenoxy) is 1. The largest absolute Gasteiger partial charge is 0.381 e. The summed E-state index contributed by atoms with van der Waals surface area (Å²) < 4.78 is 5.39. The van der Waals surface area contributed by atoms with Gasteiger partial charge in [0.05, 0.1) is 0 Å². The third-order valence-electron chi connectivity index (χ3n) is 4.03. The fourth-order valence-corrected chi connectivity index (χ4v) is 2.89. The molecule has 6 heteroatoms. The first-order chi connectivity index (χ1) is 9.25. The smallest absolute Gasteiger partial charge is 0.347 e. The van der Waals surface area contributed by atoms with Crippen LogP contribution in [0.2, 0.25) is 0 Å². The van der Waals surface area contributed by atoms with Gasteiger partial charge in [-0.15, -0.1) is 0 Å². The Bertz CT molecular complexity index is 508. The van der Waals surface area contributed by atoms with Crippen molar-refractivity contribution in [3.63, 3.8) is 0 Å². The van der Waals surface area contributed by atoms with Gasteiger partial charge in [0.2, 0.25) is 0 Å². The molecule has 3 rings (SSSR count). The number of aromatic amines is 1. The van der Waals surface area contributed by atoms with Crippen molar-refractivity contribution in [2.75, 3.05) is 31.7 Å². The van der Waals surface area contributed by atoms with Crippen LogP contribution < -0.4 is 15.9 Å². The molecule has 3 heterocycles. The minimum Gasteiger partial charge on any atom is -0.381 e. The van der Waals surface area contributed by atoms with Crippen molar-refractivity contribution in [1.29, 1.82) is 0 Å². The second kappa shape index (κ2) is 5.30. The number of rotatable bonds is 2. The van der Waals surface area contributed by atoms with Crippen LogP contribution in [0, 0.1) is 0 Å². The number of hydrogen-bond donors (Lipinski definition) is 2. The number of anilines is 1. The zero-order chi connectivity index (χ0) is 13.2. The van der Waals surface area contributed by atoms with Gasteiger partial charge < -0.3 is 19.9 Å². The molecule has 0 amide bonds.